The summed E-state index contributed by atoms with van der Waals surface area (Å²) in [5.74, 6) is -2.16. The Balaban J connectivity index is 1.90. The maximum atomic E-state index is 12.4. The third-order valence-electron chi connectivity index (χ3n) is 4.13. The van der Waals surface area contributed by atoms with Gasteiger partial charge in [-0.25, -0.2) is 9.59 Å². The number of amides is 6. The van der Waals surface area contributed by atoms with Crippen LogP contribution in [0, 0.1) is 0 Å². The first-order valence-corrected chi connectivity index (χ1v) is 7.65. The second-order valence-corrected chi connectivity index (χ2v) is 5.81. The molecule has 1 spiro atoms. The number of hydrogen-bond donors (Lipinski definition) is 3. The van der Waals surface area contributed by atoms with Crippen molar-refractivity contribution in [1.29, 1.82) is 0 Å². The van der Waals surface area contributed by atoms with Gasteiger partial charge in [0.15, 0.2) is 6.10 Å². The predicted octanol–water partition coefficient (Wildman–Crippen LogP) is -0.762. The van der Waals surface area contributed by atoms with Crippen molar-refractivity contribution in [3.05, 3.63) is 0 Å². The smallest absolute Gasteiger partial charge is 0.327 e. The van der Waals surface area contributed by atoms with Gasteiger partial charge in [-0.2, -0.15) is 0 Å². The largest absolute Gasteiger partial charge is 0.451 e. The summed E-state index contributed by atoms with van der Waals surface area (Å²) in [6.07, 6.45) is 1.53. The molecule has 10 heteroatoms. The molecular formula is C14H20N4O6. The Morgan fingerprint density at radius 3 is 2.50 bits per heavy atom. The number of imide groups is 2. The molecular weight excluding hydrogens is 320 g/mol. The number of esters is 1. The van der Waals surface area contributed by atoms with Gasteiger partial charge in [-0.05, 0) is 19.8 Å². The minimum Gasteiger partial charge on any atom is -0.451 e. The van der Waals surface area contributed by atoms with Gasteiger partial charge in [-0.3, -0.25) is 24.6 Å². The number of nitrogens with zero attached hydrogens (tertiary/aromatic N) is 1. The zero-order chi connectivity index (χ0) is 17.9. The van der Waals surface area contributed by atoms with E-state index in [4.69, 9.17) is 4.74 Å². The molecule has 6 amide bonds. The molecule has 2 aliphatic rings. The summed E-state index contributed by atoms with van der Waals surface area (Å²) in [5, 5.41) is 6.79. The van der Waals surface area contributed by atoms with Crippen LogP contribution in [0.3, 0.4) is 0 Å². The second kappa shape index (κ2) is 6.85. The molecule has 1 saturated heterocycles. The highest BCUT2D eigenvalue weighted by molar-refractivity contribution is 6.09. The Kier molecular flexibility index (Phi) is 5.05. The molecule has 3 N–H and O–H groups in total. The van der Waals surface area contributed by atoms with E-state index in [0.29, 0.717) is 12.8 Å². The lowest BCUT2D eigenvalue weighted by Crippen LogP contribution is -2.46. The van der Waals surface area contributed by atoms with Gasteiger partial charge in [0.2, 0.25) is 0 Å². The normalized spacial score (nSPS) is 19.8. The van der Waals surface area contributed by atoms with Crippen LogP contribution in [-0.2, 0) is 19.1 Å². The van der Waals surface area contributed by atoms with Gasteiger partial charge >= 0.3 is 18.0 Å². The summed E-state index contributed by atoms with van der Waals surface area (Å²) >= 11 is 0. The van der Waals surface area contributed by atoms with Gasteiger partial charge in [-0.15, -0.1) is 0 Å². The molecule has 1 aliphatic carbocycles. The predicted molar refractivity (Wildman–Crippen MR) is 79.6 cm³/mol. The van der Waals surface area contributed by atoms with Crippen LogP contribution in [0.5, 0.6) is 0 Å². The van der Waals surface area contributed by atoms with Crippen LogP contribution in [0.4, 0.5) is 9.59 Å². The van der Waals surface area contributed by atoms with E-state index in [1.165, 1.54) is 14.0 Å². The number of nitrogens with one attached hydrogen (secondary N) is 3. The molecule has 1 heterocycles. The van der Waals surface area contributed by atoms with Gasteiger partial charge in [0.05, 0.1) is 0 Å². The number of rotatable bonds is 4. The number of ether oxygens (including phenoxy) is 1. The van der Waals surface area contributed by atoms with Crippen LogP contribution in [0.2, 0.25) is 0 Å². The third kappa shape index (κ3) is 3.47. The van der Waals surface area contributed by atoms with Gasteiger partial charge in [0.25, 0.3) is 11.8 Å². The maximum absolute atomic E-state index is 12.4. The van der Waals surface area contributed by atoms with Gasteiger partial charge < -0.3 is 15.4 Å². The molecule has 0 aromatic heterocycles. The number of urea groups is 2. The number of hydrogen-bond acceptors (Lipinski definition) is 6. The zero-order valence-electron chi connectivity index (χ0n) is 13.5. The van der Waals surface area contributed by atoms with Crippen LogP contribution in [-0.4, -0.2) is 60.0 Å². The summed E-state index contributed by atoms with van der Waals surface area (Å²) in [6.45, 7) is 0.699. The van der Waals surface area contributed by atoms with Crippen molar-refractivity contribution in [2.75, 3.05) is 13.6 Å². The molecule has 2 rings (SSSR count). The molecule has 1 aliphatic heterocycles. The highest BCUT2D eigenvalue weighted by Gasteiger charge is 2.52. The van der Waals surface area contributed by atoms with Crippen molar-refractivity contribution in [1.82, 2.24) is 20.9 Å². The Bertz CT molecular complexity index is 584. The summed E-state index contributed by atoms with van der Waals surface area (Å²) < 4.78 is 4.86. The Morgan fingerprint density at radius 2 is 1.92 bits per heavy atom. The third-order valence-corrected chi connectivity index (χ3v) is 4.13. The van der Waals surface area contributed by atoms with E-state index in [1.807, 2.05) is 5.32 Å². The molecule has 132 valence electrons. The second-order valence-electron chi connectivity index (χ2n) is 5.81. The van der Waals surface area contributed by atoms with Gasteiger partial charge in [0.1, 0.15) is 12.1 Å². The monoisotopic (exact) mass is 340 g/mol. The Hall–Kier alpha value is -2.65. The van der Waals surface area contributed by atoms with E-state index < -0.39 is 48.0 Å². The van der Waals surface area contributed by atoms with Crippen LogP contribution >= 0.6 is 0 Å². The van der Waals surface area contributed by atoms with E-state index in [0.717, 1.165) is 17.7 Å². The Morgan fingerprint density at radius 1 is 1.29 bits per heavy atom. The van der Waals surface area contributed by atoms with E-state index in [9.17, 15) is 24.0 Å². The molecule has 1 atom stereocenters. The summed E-state index contributed by atoms with van der Waals surface area (Å²) in [5.41, 5.74) is -0.903. The van der Waals surface area contributed by atoms with E-state index in [-0.39, 0.29) is 0 Å². The molecule has 0 radical (unpaired) electrons. The minimum absolute atomic E-state index is 0.440. The fourth-order valence-corrected chi connectivity index (χ4v) is 2.83. The molecule has 0 unspecified atom stereocenters. The summed E-state index contributed by atoms with van der Waals surface area (Å²) in [7, 11) is 1.33. The molecule has 2 fully saturated rings. The molecule has 0 bridgehead atoms. The van der Waals surface area contributed by atoms with Crippen molar-refractivity contribution in [2.24, 2.45) is 0 Å². The first kappa shape index (κ1) is 17.7. The average Bonchev–Trinajstić information content (AvgIpc) is 3.08. The van der Waals surface area contributed by atoms with Gasteiger partial charge in [0, 0.05) is 7.05 Å². The lowest BCUT2D eigenvalue weighted by molar-refractivity contribution is -0.156. The number of carbonyl (C=O) groups is 5. The van der Waals surface area contributed by atoms with Crippen molar-refractivity contribution in [3.8, 4) is 0 Å². The van der Waals surface area contributed by atoms with E-state index >= 15 is 0 Å². The topological polar surface area (TPSA) is 134 Å². The van der Waals surface area contributed by atoms with Crippen LogP contribution in [0.25, 0.3) is 0 Å². The maximum Gasteiger partial charge on any atom is 0.327 e. The highest BCUT2D eigenvalue weighted by Crippen LogP contribution is 2.34. The Labute approximate surface area is 138 Å². The lowest BCUT2D eigenvalue weighted by Gasteiger charge is -2.20. The van der Waals surface area contributed by atoms with Crippen LogP contribution < -0.4 is 16.0 Å². The van der Waals surface area contributed by atoms with Crippen molar-refractivity contribution >= 4 is 29.8 Å². The first-order valence-electron chi connectivity index (χ1n) is 7.65. The molecule has 1 saturated carbocycles. The fourth-order valence-electron chi connectivity index (χ4n) is 2.83. The van der Waals surface area contributed by atoms with Crippen LogP contribution in [0.1, 0.15) is 32.6 Å². The lowest BCUT2D eigenvalue weighted by atomic mass is 9.98. The molecule has 0 aromatic carbocycles. The quantitative estimate of drug-likeness (QED) is 0.455. The van der Waals surface area contributed by atoms with E-state index in [1.54, 1.807) is 0 Å². The summed E-state index contributed by atoms with van der Waals surface area (Å²) in [6, 6.07) is -1.37. The van der Waals surface area contributed by atoms with Crippen molar-refractivity contribution in [2.45, 2.75) is 44.2 Å². The summed E-state index contributed by atoms with van der Waals surface area (Å²) in [4.78, 5) is 59.7. The molecule has 0 aromatic rings. The fraction of sp³-hybridized carbons (Fsp3) is 0.643. The van der Waals surface area contributed by atoms with Crippen molar-refractivity contribution < 1.29 is 28.7 Å². The van der Waals surface area contributed by atoms with Gasteiger partial charge in [-0.1, -0.05) is 12.8 Å². The standard InChI is InChI=1S/C14H20N4O6/c1-8(10(20)16-12(22)15-2)24-9(19)7-18-11(21)14(17-13(18)23)5-3-4-6-14/h8H,3-7H2,1-2H3,(H,17,23)(H2,15,16,20,22)/t8-/m1/s1. The minimum atomic E-state index is -1.24. The molecule has 10 nitrogen and oxygen atoms in total. The molecule has 24 heavy (non-hydrogen) atoms. The number of carbonyl (C=O) groups excluding carboxylic acids is 5. The van der Waals surface area contributed by atoms with Crippen LogP contribution in [0.15, 0.2) is 0 Å². The average molecular weight is 340 g/mol. The van der Waals surface area contributed by atoms with E-state index in [2.05, 4.69) is 10.6 Å². The zero-order valence-corrected chi connectivity index (χ0v) is 13.5. The highest BCUT2D eigenvalue weighted by atomic mass is 16.5. The van der Waals surface area contributed by atoms with Crippen molar-refractivity contribution in [3.63, 3.8) is 0 Å². The SMILES string of the molecule is CNC(=O)NC(=O)[C@@H](C)OC(=O)CN1C(=O)NC2(CCCC2)C1=O. The first-order chi connectivity index (χ1) is 11.3.